The summed E-state index contributed by atoms with van der Waals surface area (Å²) in [6.45, 7) is 0.0801. The molecule has 0 unspecified atom stereocenters. The number of amides is 1. The summed E-state index contributed by atoms with van der Waals surface area (Å²) in [5, 5.41) is 4.51. The first-order valence-corrected chi connectivity index (χ1v) is 14.2. The first kappa shape index (κ1) is 25.1. The number of carbonyl (C=O) groups is 1. The summed E-state index contributed by atoms with van der Waals surface area (Å²) in [4.78, 5) is 12.5. The minimum absolute atomic E-state index is 0.0801. The van der Waals surface area contributed by atoms with Crippen molar-refractivity contribution in [3.05, 3.63) is 94.5 Å². The summed E-state index contributed by atoms with van der Waals surface area (Å²) in [5.74, 6) is 2.35. The number of hydrazone groups is 1. The normalized spacial score (nSPS) is 13.9. The van der Waals surface area contributed by atoms with Crippen molar-refractivity contribution in [1.29, 1.82) is 0 Å². The first-order valence-electron chi connectivity index (χ1n) is 10.8. The molecule has 7 nitrogen and oxygen atoms in total. The second-order valence-corrected chi connectivity index (χ2v) is 11.3. The largest absolute Gasteiger partial charge is 0.489 e. The standard InChI is InChI=1S/C25H24ClN3O4S2/c1-35(31,32)29(15-20-6-2-3-8-24(20)26)21-11-9-19(10-12-21)25(30)28-27-14-18-5-4-7-22(13-18)33-23-16-34-17-23/h2-14,23H,15-17H2,1H3,(H,28,30)/b27-14+. The van der Waals surface area contributed by atoms with Gasteiger partial charge in [0, 0.05) is 22.1 Å². The summed E-state index contributed by atoms with van der Waals surface area (Å²) >= 11 is 8.06. The van der Waals surface area contributed by atoms with Gasteiger partial charge in [0.15, 0.2) is 0 Å². The second-order valence-electron chi connectivity index (χ2n) is 7.96. The van der Waals surface area contributed by atoms with Crippen LogP contribution in [0.4, 0.5) is 5.69 Å². The lowest BCUT2D eigenvalue weighted by atomic mass is 10.2. The van der Waals surface area contributed by atoms with Crippen molar-refractivity contribution in [3.63, 3.8) is 0 Å². The van der Waals surface area contributed by atoms with E-state index in [2.05, 4.69) is 10.5 Å². The number of carbonyl (C=O) groups excluding carboxylic acids is 1. The van der Waals surface area contributed by atoms with Crippen molar-refractivity contribution >= 4 is 51.2 Å². The van der Waals surface area contributed by atoms with Gasteiger partial charge in [0.1, 0.15) is 11.9 Å². The number of rotatable bonds is 9. The van der Waals surface area contributed by atoms with Gasteiger partial charge in [0.25, 0.3) is 5.91 Å². The molecule has 35 heavy (non-hydrogen) atoms. The Labute approximate surface area is 214 Å². The van der Waals surface area contributed by atoms with Gasteiger partial charge in [-0.25, -0.2) is 13.8 Å². The Bertz CT molecular complexity index is 1330. The Morgan fingerprint density at radius 2 is 1.89 bits per heavy atom. The molecule has 1 aliphatic heterocycles. The summed E-state index contributed by atoms with van der Waals surface area (Å²) in [5.41, 5.74) is 4.74. The number of nitrogens with zero attached hydrogens (tertiary/aromatic N) is 2. The zero-order chi connectivity index (χ0) is 24.8. The van der Waals surface area contributed by atoms with Crippen molar-refractivity contribution in [2.45, 2.75) is 12.6 Å². The predicted octanol–water partition coefficient (Wildman–Crippen LogP) is 4.56. The average molecular weight is 530 g/mol. The van der Waals surface area contributed by atoms with Crippen LogP contribution < -0.4 is 14.5 Å². The number of sulfonamides is 1. The molecule has 4 rings (SSSR count). The maximum Gasteiger partial charge on any atom is 0.271 e. The van der Waals surface area contributed by atoms with E-state index in [1.54, 1.807) is 54.7 Å². The molecule has 1 heterocycles. The fourth-order valence-electron chi connectivity index (χ4n) is 3.33. The van der Waals surface area contributed by atoms with Gasteiger partial charge in [0.2, 0.25) is 10.0 Å². The smallest absolute Gasteiger partial charge is 0.271 e. The van der Waals surface area contributed by atoms with Crippen LogP contribution in [0, 0.1) is 0 Å². The lowest BCUT2D eigenvalue weighted by Crippen LogP contribution is -2.31. The van der Waals surface area contributed by atoms with Crippen LogP contribution in [0.25, 0.3) is 0 Å². The van der Waals surface area contributed by atoms with Gasteiger partial charge < -0.3 is 4.74 Å². The molecule has 1 saturated heterocycles. The molecule has 0 aliphatic carbocycles. The molecule has 3 aromatic rings. The maximum atomic E-state index is 12.5. The topological polar surface area (TPSA) is 88.1 Å². The van der Waals surface area contributed by atoms with Gasteiger partial charge in [-0.1, -0.05) is 41.9 Å². The highest BCUT2D eigenvalue weighted by Gasteiger charge is 2.20. The van der Waals surface area contributed by atoms with Crippen LogP contribution in [0.1, 0.15) is 21.5 Å². The molecule has 10 heteroatoms. The molecule has 0 spiro atoms. The molecular formula is C25H24ClN3O4S2. The molecule has 0 radical (unpaired) electrons. The predicted molar refractivity (Wildman–Crippen MR) is 142 cm³/mol. The average Bonchev–Trinajstić information content (AvgIpc) is 2.80. The van der Waals surface area contributed by atoms with Gasteiger partial charge in [-0.3, -0.25) is 9.10 Å². The van der Waals surface area contributed by atoms with Gasteiger partial charge in [-0.2, -0.15) is 16.9 Å². The molecule has 3 aromatic carbocycles. The Hall–Kier alpha value is -3.01. The van der Waals surface area contributed by atoms with Gasteiger partial charge >= 0.3 is 0 Å². The van der Waals surface area contributed by atoms with E-state index < -0.39 is 15.9 Å². The zero-order valence-corrected chi connectivity index (χ0v) is 21.3. The van der Waals surface area contributed by atoms with Gasteiger partial charge in [-0.15, -0.1) is 0 Å². The van der Waals surface area contributed by atoms with E-state index in [0.717, 1.165) is 29.1 Å². The van der Waals surface area contributed by atoms with Crippen molar-refractivity contribution in [3.8, 4) is 5.75 Å². The van der Waals surface area contributed by atoms with E-state index in [1.807, 2.05) is 36.0 Å². The molecule has 0 atom stereocenters. The summed E-state index contributed by atoms with van der Waals surface area (Å²) in [6, 6.07) is 20.8. The van der Waals surface area contributed by atoms with Crippen LogP contribution in [0.3, 0.4) is 0 Å². The van der Waals surface area contributed by atoms with Crippen LogP contribution in [0.15, 0.2) is 77.9 Å². The second kappa shape index (κ2) is 11.2. The lowest BCUT2D eigenvalue weighted by molar-refractivity contribution is 0.0955. The van der Waals surface area contributed by atoms with Crippen LogP contribution in [0.2, 0.25) is 5.02 Å². The number of nitrogens with one attached hydrogen (secondary N) is 1. The highest BCUT2D eigenvalue weighted by atomic mass is 35.5. The van der Waals surface area contributed by atoms with Crippen molar-refractivity contribution < 1.29 is 17.9 Å². The van der Waals surface area contributed by atoms with Crippen LogP contribution >= 0.6 is 23.4 Å². The van der Waals surface area contributed by atoms with Crippen molar-refractivity contribution in [2.75, 3.05) is 22.1 Å². The minimum Gasteiger partial charge on any atom is -0.489 e. The number of thioether (sulfide) groups is 1. The first-order chi connectivity index (χ1) is 16.8. The third-order valence-corrected chi connectivity index (χ3v) is 7.96. The monoisotopic (exact) mass is 529 g/mol. The van der Waals surface area contributed by atoms with Crippen molar-refractivity contribution in [1.82, 2.24) is 5.43 Å². The zero-order valence-electron chi connectivity index (χ0n) is 18.9. The number of halogens is 1. The Kier molecular flexibility index (Phi) is 8.00. The molecule has 1 fully saturated rings. The van der Waals surface area contributed by atoms with E-state index >= 15 is 0 Å². The highest BCUT2D eigenvalue weighted by molar-refractivity contribution is 8.00. The summed E-state index contributed by atoms with van der Waals surface area (Å²) in [7, 11) is -3.58. The molecule has 1 amide bonds. The number of benzene rings is 3. The highest BCUT2D eigenvalue weighted by Crippen LogP contribution is 2.25. The molecule has 0 saturated carbocycles. The lowest BCUT2D eigenvalue weighted by Gasteiger charge is -2.25. The minimum atomic E-state index is -3.58. The Morgan fingerprint density at radius 3 is 2.54 bits per heavy atom. The van der Waals surface area contributed by atoms with E-state index in [0.29, 0.717) is 21.8 Å². The van der Waals surface area contributed by atoms with Crippen LogP contribution in [-0.4, -0.2) is 44.4 Å². The van der Waals surface area contributed by atoms with E-state index in [9.17, 15) is 13.2 Å². The third-order valence-electron chi connectivity index (χ3n) is 5.24. The van der Waals surface area contributed by atoms with E-state index in [1.165, 1.54) is 4.31 Å². The van der Waals surface area contributed by atoms with Crippen LogP contribution in [0.5, 0.6) is 5.75 Å². The summed E-state index contributed by atoms with van der Waals surface area (Å²) < 4.78 is 31.9. The quantitative estimate of drug-likeness (QED) is 0.324. The number of ether oxygens (including phenoxy) is 1. The SMILES string of the molecule is CS(=O)(=O)N(Cc1ccccc1Cl)c1ccc(C(=O)N/N=C/c2cccc(OC3CSC3)c2)cc1. The molecule has 0 aromatic heterocycles. The Balaban J connectivity index is 1.40. The molecular weight excluding hydrogens is 506 g/mol. The maximum absolute atomic E-state index is 12.5. The van der Waals surface area contributed by atoms with E-state index in [-0.39, 0.29) is 12.6 Å². The Morgan fingerprint density at radius 1 is 1.14 bits per heavy atom. The van der Waals surface area contributed by atoms with Gasteiger partial charge in [-0.05, 0) is 53.6 Å². The molecule has 182 valence electrons. The number of anilines is 1. The fraction of sp³-hybridized carbons (Fsp3) is 0.200. The molecule has 0 bridgehead atoms. The van der Waals surface area contributed by atoms with E-state index in [4.69, 9.17) is 16.3 Å². The molecule has 1 N–H and O–H groups in total. The van der Waals surface area contributed by atoms with Crippen molar-refractivity contribution in [2.24, 2.45) is 5.10 Å². The third kappa shape index (κ3) is 6.78. The van der Waals surface area contributed by atoms with Gasteiger partial charge in [0.05, 0.1) is 24.7 Å². The number of hydrogen-bond acceptors (Lipinski definition) is 6. The number of hydrogen-bond donors (Lipinski definition) is 1. The molecule has 1 aliphatic rings. The van der Waals surface area contributed by atoms with Crippen LogP contribution in [-0.2, 0) is 16.6 Å². The fourth-order valence-corrected chi connectivity index (χ4v) is 4.97. The summed E-state index contributed by atoms with van der Waals surface area (Å²) in [6.07, 6.45) is 2.92.